The molecule has 2 rings (SSSR count). The first-order valence-electron chi connectivity index (χ1n) is 6.49. The van der Waals surface area contributed by atoms with Gasteiger partial charge in [-0.1, -0.05) is 13.8 Å². The van der Waals surface area contributed by atoms with E-state index >= 15 is 0 Å². The molecule has 106 valence electrons. The highest BCUT2D eigenvalue weighted by atomic mass is 16.5. The van der Waals surface area contributed by atoms with E-state index in [0.29, 0.717) is 23.3 Å². The van der Waals surface area contributed by atoms with Gasteiger partial charge in [0.25, 0.3) is 0 Å². The van der Waals surface area contributed by atoms with Gasteiger partial charge in [-0.15, -0.1) is 0 Å². The van der Waals surface area contributed by atoms with Gasteiger partial charge in [-0.3, -0.25) is 0 Å². The summed E-state index contributed by atoms with van der Waals surface area (Å²) in [5, 5.41) is 3.13. The Bertz CT molecular complexity index is 613. The molecule has 0 aliphatic carbocycles. The highest BCUT2D eigenvalue weighted by Crippen LogP contribution is 2.27. The lowest BCUT2D eigenvalue weighted by molar-refractivity contribution is 0.397. The lowest BCUT2D eigenvalue weighted by Crippen LogP contribution is -2.07. The van der Waals surface area contributed by atoms with Crippen molar-refractivity contribution >= 4 is 5.82 Å². The second kappa shape index (κ2) is 5.81. The van der Waals surface area contributed by atoms with Crippen molar-refractivity contribution < 1.29 is 4.74 Å². The zero-order valence-corrected chi connectivity index (χ0v) is 12.4. The fourth-order valence-electron chi connectivity index (χ4n) is 2.15. The number of aromatic nitrogens is 4. The van der Waals surface area contributed by atoms with Crippen LogP contribution in [0.25, 0.3) is 11.5 Å². The summed E-state index contributed by atoms with van der Waals surface area (Å²) in [5.41, 5.74) is 2.72. The van der Waals surface area contributed by atoms with Crippen LogP contribution in [0.5, 0.6) is 5.88 Å². The Labute approximate surface area is 118 Å². The van der Waals surface area contributed by atoms with Crippen molar-refractivity contribution in [3.05, 3.63) is 23.7 Å². The van der Waals surface area contributed by atoms with E-state index in [-0.39, 0.29) is 0 Å². The van der Waals surface area contributed by atoms with Crippen LogP contribution in [0.3, 0.4) is 0 Å². The predicted octanol–water partition coefficient (Wildman–Crippen LogP) is 2.42. The highest BCUT2D eigenvalue weighted by molar-refractivity contribution is 5.57. The predicted molar refractivity (Wildman–Crippen MR) is 78.0 cm³/mol. The lowest BCUT2D eigenvalue weighted by atomic mass is 10.0. The smallest absolute Gasteiger partial charge is 0.216 e. The van der Waals surface area contributed by atoms with E-state index in [1.54, 1.807) is 13.2 Å². The SMILES string of the molecule is CNc1nc(-c2cc(OC)ncn2)nc(C)c1C(C)C. The molecule has 0 atom stereocenters. The average Bonchev–Trinajstić information content (AvgIpc) is 2.45. The summed E-state index contributed by atoms with van der Waals surface area (Å²) in [6.45, 7) is 6.24. The van der Waals surface area contributed by atoms with Crippen LogP contribution < -0.4 is 10.1 Å². The van der Waals surface area contributed by atoms with E-state index in [1.165, 1.54) is 6.33 Å². The molecule has 6 heteroatoms. The average molecular weight is 273 g/mol. The van der Waals surface area contributed by atoms with E-state index < -0.39 is 0 Å². The molecular formula is C14H19N5O. The number of ether oxygens (including phenoxy) is 1. The number of anilines is 1. The summed E-state index contributed by atoms with van der Waals surface area (Å²) < 4.78 is 5.10. The van der Waals surface area contributed by atoms with E-state index in [0.717, 1.165) is 17.1 Å². The first-order chi connectivity index (χ1) is 9.56. The third-order valence-corrected chi connectivity index (χ3v) is 3.03. The number of rotatable bonds is 4. The van der Waals surface area contributed by atoms with Crippen LogP contribution in [0.4, 0.5) is 5.82 Å². The molecule has 2 aromatic rings. The summed E-state index contributed by atoms with van der Waals surface area (Å²) in [7, 11) is 3.43. The van der Waals surface area contributed by atoms with Gasteiger partial charge < -0.3 is 10.1 Å². The molecule has 0 radical (unpaired) electrons. The maximum Gasteiger partial charge on any atom is 0.216 e. The van der Waals surface area contributed by atoms with E-state index in [2.05, 4.69) is 39.1 Å². The number of aryl methyl sites for hydroxylation is 1. The summed E-state index contributed by atoms with van der Waals surface area (Å²) in [6, 6.07) is 1.73. The molecule has 0 fully saturated rings. The minimum Gasteiger partial charge on any atom is -0.481 e. The Morgan fingerprint density at radius 2 is 1.95 bits per heavy atom. The molecule has 0 saturated heterocycles. The topological polar surface area (TPSA) is 72.8 Å². The maximum absolute atomic E-state index is 5.10. The standard InChI is InChI=1S/C14H19N5O/c1-8(2)12-9(3)18-13(19-14(12)15-4)10-6-11(20-5)17-7-16-10/h6-8H,1-5H3,(H,15,18,19). The molecule has 20 heavy (non-hydrogen) atoms. The molecule has 2 aromatic heterocycles. The molecule has 0 saturated carbocycles. The van der Waals surface area contributed by atoms with E-state index in [9.17, 15) is 0 Å². The summed E-state index contributed by atoms with van der Waals surface area (Å²) >= 11 is 0. The van der Waals surface area contributed by atoms with Crippen molar-refractivity contribution in [2.75, 3.05) is 19.5 Å². The van der Waals surface area contributed by atoms with Crippen molar-refractivity contribution in [2.45, 2.75) is 26.7 Å². The fourth-order valence-corrected chi connectivity index (χ4v) is 2.15. The molecule has 0 spiro atoms. The van der Waals surface area contributed by atoms with Gasteiger partial charge in [0, 0.05) is 24.4 Å². The largest absolute Gasteiger partial charge is 0.481 e. The normalized spacial score (nSPS) is 10.7. The highest BCUT2D eigenvalue weighted by Gasteiger charge is 2.15. The van der Waals surface area contributed by atoms with Crippen molar-refractivity contribution in [3.8, 4) is 17.4 Å². The number of nitrogens with one attached hydrogen (secondary N) is 1. The molecule has 1 N–H and O–H groups in total. The molecule has 0 aromatic carbocycles. The van der Waals surface area contributed by atoms with Crippen LogP contribution in [-0.2, 0) is 0 Å². The lowest BCUT2D eigenvalue weighted by Gasteiger charge is -2.15. The number of nitrogens with zero attached hydrogens (tertiary/aromatic N) is 4. The molecule has 0 aliphatic rings. The molecular weight excluding hydrogens is 254 g/mol. The first-order valence-corrected chi connectivity index (χ1v) is 6.49. The van der Waals surface area contributed by atoms with Gasteiger partial charge in [0.1, 0.15) is 17.8 Å². The second-order valence-corrected chi connectivity index (χ2v) is 4.75. The third kappa shape index (κ3) is 2.68. The van der Waals surface area contributed by atoms with Crippen LogP contribution in [0.15, 0.2) is 12.4 Å². The van der Waals surface area contributed by atoms with Crippen molar-refractivity contribution in [3.63, 3.8) is 0 Å². The fraction of sp³-hybridized carbons (Fsp3) is 0.429. The summed E-state index contributed by atoms with van der Waals surface area (Å²) in [4.78, 5) is 17.3. The van der Waals surface area contributed by atoms with Gasteiger partial charge in [-0.2, -0.15) is 0 Å². The molecule has 6 nitrogen and oxygen atoms in total. The monoisotopic (exact) mass is 273 g/mol. The van der Waals surface area contributed by atoms with Crippen LogP contribution in [-0.4, -0.2) is 34.1 Å². The Balaban J connectivity index is 2.55. The number of hydrogen-bond acceptors (Lipinski definition) is 6. The Hall–Kier alpha value is -2.24. The maximum atomic E-state index is 5.10. The van der Waals surface area contributed by atoms with Gasteiger partial charge in [0.2, 0.25) is 5.88 Å². The van der Waals surface area contributed by atoms with E-state index in [1.807, 2.05) is 14.0 Å². The molecule has 0 amide bonds. The van der Waals surface area contributed by atoms with E-state index in [4.69, 9.17) is 4.74 Å². The Kier molecular flexibility index (Phi) is 4.12. The van der Waals surface area contributed by atoms with Crippen LogP contribution >= 0.6 is 0 Å². The van der Waals surface area contributed by atoms with Crippen molar-refractivity contribution in [1.29, 1.82) is 0 Å². The number of methoxy groups -OCH3 is 1. The minimum atomic E-state index is 0.353. The van der Waals surface area contributed by atoms with Crippen LogP contribution in [0.2, 0.25) is 0 Å². The quantitative estimate of drug-likeness (QED) is 0.922. The summed E-state index contributed by atoms with van der Waals surface area (Å²) in [6.07, 6.45) is 1.45. The van der Waals surface area contributed by atoms with Gasteiger partial charge >= 0.3 is 0 Å². The van der Waals surface area contributed by atoms with Gasteiger partial charge in [0.15, 0.2) is 5.82 Å². The zero-order valence-electron chi connectivity index (χ0n) is 12.4. The van der Waals surface area contributed by atoms with Gasteiger partial charge in [-0.25, -0.2) is 19.9 Å². The van der Waals surface area contributed by atoms with Crippen molar-refractivity contribution in [2.24, 2.45) is 0 Å². The summed E-state index contributed by atoms with van der Waals surface area (Å²) in [5.74, 6) is 2.25. The molecule has 0 bridgehead atoms. The second-order valence-electron chi connectivity index (χ2n) is 4.75. The molecule has 0 aliphatic heterocycles. The van der Waals surface area contributed by atoms with Gasteiger partial charge in [-0.05, 0) is 12.8 Å². The zero-order chi connectivity index (χ0) is 14.7. The molecule has 0 unspecified atom stereocenters. The van der Waals surface area contributed by atoms with Gasteiger partial charge in [0.05, 0.1) is 7.11 Å². The van der Waals surface area contributed by atoms with Crippen molar-refractivity contribution in [1.82, 2.24) is 19.9 Å². The van der Waals surface area contributed by atoms with Crippen LogP contribution in [0, 0.1) is 6.92 Å². The molecule has 2 heterocycles. The first kappa shape index (κ1) is 14.2. The number of hydrogen-bond donors (Lipinski definition) is 1. The minimum absolute atomic E-state index is 0.353. The third-order valence-electron chi connectivity index (χ3n) is 3.03. The Morgan fingerprint density at radius 3 is 2.55 bits per heavy atom. The van der Waals surface area contributed by atoms with Crippen LogP contribution in [0.1, 0.15) is 31.0 Å². The Morgan fingerprint density at radius 1 is 1.20 bits per heavy atom.